The molecule has 0 aliphatic carbocycles. The minimum absolute atomic E-state index is 0.0660. The van der Waals surface area contributed by atoms with Crippen molar-refractivity contribution in [1.82, 2.24) is 14.8 Å². The third-order valence-electron chi connectivity index (χ3n) is 5.25. The molecule has 3 rings (SSSR count). The van der Waals surface area contributed by atoms with Crippen molar-refractivity contribution < 1.29 is 9.53 Å². The van der Waals surface area contributed by atoms with Gasteiger partial charge in [-0.15, -0.1) is 11.3 Å². The number of nitrogens with zero attached hydrogens (tertiary/aromatic N) is 3. The first kappa shape index (κ1) is 19.0. The van der Waals surface area contributed by atoms with Gasteiger partial charge in [-0.1, -0.05) is 31.4 Å². The largest absolute Gasteiger partial charge is 0.363 e. The maximum atomic E-state index is 12.2. The Morgan fingerprint density at radius 2 is 2.19 bits per heavy atom. The second-order valence-electron chi connectivity index (χ2n) is 6.97. The summed E-state index contributed by atoms with van der Waals surface area (Å²) in [6.45, 7) is 12.1. The van der Waals surface area contributed by atoms with Gasteiger partial charge in [0.25, 0.3) is 0 Å². The highest BCUT2D eigenvalue weighted by Crippen LogP contribution is 2.31. The molecule has 1 aromatic heterocycles. The first-order chi connectivity index (χ1) is 12.6. The van der Waals surface area contributed by atoms with E-state index in [1.165, 1.54) is 5.57 Å². The summed E-state index contributed by atoms with van der Waals surface area (Å²) in [6, 6.07) is 0. The fourth-order valence-electron chi connectivity index (χ4n) is 3.62. The molecule has 0 unspecified atom stereocenters. The van der Waals surface area contributed by atoms with Crippen LogP contribution >= 0.6 is 11.3 Å². The van der Waals surface area contributed by atoms with Crippen molar-refractivity contribution in [3.05, 3.63) is 53.5 Å². The van der Waals surface area contributed by atoms with Gasteiger partial charge in [0.1, 0.15) is 6.61 Å². The van der Waals surface area contributed by atoms with E-state index in [1.807, 2.05) is 34.0 Å². The fourth-order valence-corrected chi connectivity index (χ4v) is 4.17. The number of thiazole rings is 1. The fraction of sp³-hybridized carbons (Fsp3) is 0.500. The van der Waals surface area contributed by atoms with Gasteiger partial charge in [0.15, 0.2) is 0 Å². The zero-order valence-corrected chi connectivity index (χ0v) is 16.0. The van der Waals surface area contributed by atoms with Gasteiger partial charge in [-0.25, -0.2) is 4.98 Å². The molecule has 140 valence electrons. The maximum absolute atomic E-state index is 12.2. The summed E-state index contributed by atoms with van der Waals surface area (Å²) in [6.07, 6.45) is 8.64. The molecule has 0 saturated carbocycles. The minimum atomic E-state index is -0.196. The number of piperidine rings is 1. The standard InChI is InChI=1S/C20H27N3O2S/c1-3-5-17(4-2)6-9-22-10-7-20(8-11-22)15-23(19(24)13-25-20)12-18-14-26-16-21-18/h3-5,14,16H,1-2,6-13,15H2/b17-5+. The number of carbonyl (C=O) groups is 1. The maximum Gasteiger partial charge on any atom is 0.249 e. The molecule has 2 fully saturated rings. The van der Waals surface area contributed by atoms with Gasteiger partial charge in [-0.3, -0.25) is 4.79 Å². The van der Waals surface area contributed by atoms with Crippen LogP contribution in [-0.4, -0.2) is 59.1 Å². The van der Waals surface area contributed by atoms with E-state index >= 15 is 0 Å². The molecule has 1 spiro atoms. The molecule has 2 aliphatic heterocycles. The Bertz CT molecular complexity index is 661. The van der Waals surface area contributed by atoms with Crippen LogP contribution in [0.3, 0.4) is 0 Å². The normalized spacial score (nSPS) is 21.2. The van der Waals surface area contributed by atoms with Gasteiger partial charge in [-0.05, 0) is 24.8 Å². The lowest BCUT2D eigenvalue weighted by Crippen LogP contribution is -2.58. The van der Waals surface area contributed by atoms with Crippen LogP contribution in [-0.2, 0) is 16.1 Å². The number of morpholine rings is 1. The quantitative estimate of drug-likeness (QED) is 0.689. The number of allylic oxidation sites excluding steroid dienone is 3. The molecule has 6 heteroatoms. The van der Waals surface area contributed by atoms with Gasteiger partial charge in [0.05, 0.1) is 29.9 Å². The van der Waals surface area contributed by atoms with Gasteiger partial charge in [0.2, 0.25) is 5.91 Å². The number of amides is 1. The Morgan fingerprint density at radius 1 is 1.38 bits per heavy atom. The van der Waals surface area contributed by atoms with Gasteiger partial charge in [0, 0.05) is 25.0 Å². The molecular formula is C20H27N3O2S. The Labute approximate surface area is 159 Å². The van der Waals surface area contributed by atoms with Gasteiger partial charge >= 0.3 is 0 Å². The summed E-state index contributed by atoms with van der Waals surface area (Å²) in [5.41, 5.74) is 3.80. The molecular weight excluding hydrogens is 346 g/mol. The van der Waals surface area contributed by atoms with E-state index in [0.717, 1.165) is 44.6 Å². The van der Waals surface area contributed by atoms with Crippen LogP contribution in [0.2, 0.25) is 0 Å². The molecule has 2 aliphatic rings. The molecule has 0 atom stereocenters. The SMILES string of the molecule is C=C/C=C(\C=C)CCN1CCC2(CC1)CN(Cc1cscn1)C(=O)CO2. The van der Waals surface area contributed by atoms with Gasteiger partial charge < -0.3 is 14.5 Å². The molecule has 1 amide bonds. The first-order valence-electron chi connectivity index (χ1n) is 9.09. The molecule has 5 nitrogen and oxygen atoms in total. The smallest absolute Gasteiger partial charge is 0.249 e. The predicted molar refractivity (Wildman–Crippen MR) is 105 cm³/mol. The van der Waals surface area contributed by atoms with Crippen molar-refractivity contribution in [1.29, 1.82) is 0 Å². The molecule has 26 heavy (non-hydrogen) atoms. The van der Waals surface area contributed by atoms with Crippen LogP contribution in [0, 0.1) is 0 Å². The van der Waals surface area contributed by atoms with Crippen LogP contribution < -0.4 is 0 Å². The second kappa shape index (κ2) is 8.75. The van der Waals surface area contributed by atoms with Crippen molar-refractivity contribution in [3.63, 3.8) is 0 Å². The van der Waals surface area contributed by atoms with E-state index in [2.05, 4.69) is 23.0 Å². The average molecular weight is 374 g/mol. The third kappa shape index (κ3) is 4.69. The Balaban J connectivity index is 1.52. The average Bonchev–Trinajstić information content (AvgIpc) is 3.16. The minimum Gasteiger partial charge on any atom is -0.363 e. The monoisotopic (exact) mass is 373 g/mol. The lowest BCUT2D eigenvalue weighted by Gasteiger charge is -2.47. The number of rotatable bonds is 7. The first-order valence-corrected chi connectivity index (χ1v) is 10.0. The number of likely N-dealkylation sites (tertiary alicyclic amines) is 1. The Hall–Kier alpha value is -1.76. The highest BCUT2D eigenvalue weighted by molar-refractivity contribution is 7.07. The van der Waals surface area contributed by atoms with Crippen LogP contribution in [0.25, 0.3) is 0 Å². The van der Waals surface area contributed by atoms with Crippen LogP contribution in [0.15, 0.2) is 47.8 Å². The number of hydrogen-bond donors (Lipinski definition) is 0. The zero-order valence-electron chi connectivity index (χ0n) is 15.2. The predicted octanol–water partition coefficient (Wildman–Crippen LogP) is 3.03. The number of carbonyl (C=O) groups excluding carboxylic acids is 1. The summed E-state index contributed by atoms with van der Waals surface area (Å²) in [5, 5.41) is 2.01. The molecule has 3 heterocycles. The second-order valence-corrected chi connectivity index (χ2v) is 7.69. The van der Waals surface area contributed by atoms with Crippen molar-refractivity contribution in [2.24, 2.45) is 0 Å². The molecule has 0 radical (unpaired) electrons. The Morgan fingerprint density at radius 3 is 2.85 bits per heavy atom. The highest BCUT2D eigenvalue weighted by Gasteiger charge is 2.42. The molecule has 0 N–H and O–H groups in total. The third-order valence-corrected chi connectivity index (χ3v) is 5.88. The van der Waals surface area contributed by atoms with Crippen molar-refractivity contribution in [3.8, 4) is 0 Å². The summed E-state index contributed by atoms with van der Waals surface area (Å²) in [7, 11) is 0. The number of aromatic nitrogens is 1. The topological polar surface area (TPSA) is 45.7 Å². The number of hydrogen-bond acceptors (Lipinski definition) is 5. The van der Waals surface area contributed by atoms with Crippen molar-refractivity contribution in [2.75, 3.05) is 32.8 Å². The molecule has 1 aromatic rings. The van der Waals surface area contributed by atoms with E-state index in [-0.39, 0.29) is 18.1 Å². The zero-order chi connectivity index (χ0) is 18.4. The highest BCUT2D eigenvalue weighted by atomic mass is 32.1. The van der Waals surface area contributed by atoms with Crippen LogP contribution in [0.5, 0.6) is 0 Å². The van der Waals surface area contributed by atoms with Crippen LogP contribution in [0.4, 0.5) is 0 Å². The lowest BCUT2D eigenvalue weighted by atomic mass is 9.89. The van der Waals surface area contributed by atoms with E-state index in [9.17, 15) is 4.79 Å². The van der Waals surface area contributed by atoms with E-state index in [4.69, 9.17) is 4.74 Å². The summed E-state index contributed by atoms with van der Waals surface area (Å²) in [4.78, 5) is 20.9. The summed E-state index contributed by atoms with van der Waals surface area (Å²) < 4.78 is 6.03. The molecule has 2 saturated heterocycles. The molecule has 0 bridgehead atoms. The van der Waals surface area contributed by atoms with Crippen molar-refractivity contribution >= 4 is 17.2 Å². The van der Waals surface area contributed by atoms with Crippen molar-refractivity contribution in [2.45, 2.75) is 31.4 Å². The van der Waals surface area contributed by atoms with Crippen LogP contribution in [0.1, 0.15) is 25.0 Å². The van der Waals surface area contributed by atoms with E-state index in [1.54, 1.807) is 11.3 Å². The number of ether oxygens (including phenoxy) is 1. The molecule has 0 aromatic carbocycles. The van der Waals surface area contributed by atoms with E-state index in [0.29, 0.717) is 13.1 Å². The van der Waals surface area contributed by atoms with E-state index < -0.39 is 0 Å². The summed E-state index contributed by atoms with van der Waals surface area (Å²) in [5.74, 6) is 0.0660. The lowest BCUT2D eigenvalue weighted by molar-refractivity contribution is -0.172. The summed E-state index contributed by atoms with van der Waals surface area (Å²) >= 11 is 1.57. The van der Waals surface area contributed by atoms with Gasteiger partial charge in [-0.2, -0.15) is 0 Å². The Kier molecular flexibility index (Phi) is 6.40.